The Morgan fingerprint density at radius 3 is 3.00 bits per heavy atom. The van der Waals surface area contributed by atoms with Crippen LogP contribution in [0.3, 0.4) is 0 Å². The van der Waals surface area contributed by atoms with Gasteiger partial charge in [0.1, 0.15) is 11.9 Å². The molecule has 1 aliphatic rings. The lowest BCUT2D eigenvalue weighted by Crippen LogP contribution is -2.23. The molecule has 0 amide bonds. The zero-order valence-electron chi connectivity index (χ0n) is 8.33. The number of esters is 1. The van der Waals surface area contributed by atoms with Gasteiger partial charge in [-0.3, -0.25) is 0 Å². The van der Waals surface area contributed by atoms with Crippen LogP contribution in [0.5, 0.6) is 0 Å². The van der Waals surface area contributed by atoms with Crippen molar-refractivity contribution in [3.05, 3.63) is 11.4 Å². The maximum absolute atomic E-state index is 11.2. The van der Waals surface area contributed by atoms with Crippen LogP contribution in [-0.4, -0.2) is 37.6 Å². The van der Waals surface area contributed by atoms with E-state index in [9.17, 15) is 4.79 Å². The normalized spacial score (nSPS) is 18.5. The molecule has 1 fully saturated rings. The van der Waals surface area contributed by atoms with Crippen molar-refractivity contribution in [2.75, 3.05) is 26.7 Å². The number of nitriles is 1. The summed E-state index contributed by atoms with van der Waals surface area (Å²) in [7, 11) is 1.27. The number of hydrogen-bond acceptors (Lipinski definition) is 5. The highest BCUT2D eigenvalue weighted by atomic mass is 16.5. The maximum atomic E-state index is 11.2. The average molecular weight is 195 g/mol. The molecule has 1 N–H and O–H groups in total. The number of carbonyl (C=O) groups is 1. The van der Waals surface area contributed by atoms with Crippen LogP contribution >= 0.6 is 0 Å². The Balaban J connectivity index is 2.99. The lowest BCUT2D eigenvalue weighted by molar-refractivity contribution is -0.135. The fraction of sp³-hybridized carbons (Fsp3) is 0.556. The van der Waals surface area contributed by atoms with Crippen LogP contribution < -0.4 is 5.32 Å². The minimum Gasteiger partial charge on any atom is -0.465 e. The van der Waals surface area contributed by atoms with Crippen molar-refractivity contribution in [3.63, 3.8) is 0 Å². The summed E-state index contributed by atoms with van der Waals surface area (Å²) in [4.78, 5) is 13.2. The molecule has 0 aromatic heterocycles. The first-order valence-corrected chi connectivity index (χ1v) is 4.46. The fourth-order valence-electron chi connectivity index (χ4n) is 1.39. The molecule has 0 saturated carbocycles. The predicted molar refractivity (Wildman–Crippen MR) is 49.9 cm³/mol. The zero-order chi connectivity index (χ0) is 10.6. The fourth-order valence-corrected chi connectivity index (χ4v) is 1.39. The number of hydrogen-bond donors (Lipinski definition) is 1. The molecule has 0 aromatic carbocycles. The van der Waals surface area contributed by atoms with Crippen LogP contribution in [0.4, 0.5) is 0 Å². The highest BCUT2D eigenvalue weighted by molar-refractivity contribution is 5.93. The minimum absolute atomic E-state index is 0.0480. The quantitative estimate of drug-likeness (QED) is 0.376. The van der Waals surface area contributed by atoms with Crippen LogP contribution in [0, 0.1) is 11.3 Å². The minimum atomic E-state index is -0.588. The summed E-state index contributed by atoms with van der Waals surface area (Å²) in [5.41, 5.74) is 0.0480. The molecule has 1 saturated heterocycles. The Morgan fingerprint density at radius 1 is 1.79 bits per heavy atom. The average Bonchev–Trinajstić information content (AvgIpc) is 2.66. The van der Waals surface area contributed by atoms with E-state index in [1.807, 2.05) is 17.9 Å². The van der Waals surface area contributed by atoms with E-state index < -0.39 is 5.97 Å². The van der Waals surface area contributed by atoms with Gasteiger partial charge in [-0.15, -0.1) is 0 Å². The highest BCUT2D eigenvalue weighted by Gasteiger charge is 2.23. The van der Waals surface area contributed by atoms with Gasteiger partial charge in [-0.1, -0.05) is 0 Å². The Hall–Kier alpha value is -1.70. The molecule has 1 rings (SSSR count). The molecule has 0 spiro atoms. The summed E-state index contributed by atoms with van der Waals surface area (Å²) in [5.74, 6) is -0.00259. The van der Waals surface area contributed by atoms with Crippen LogP contribution in [-0.2, 0) is 9.53 Å². The topological polar surface area (TPSA) is 65.4 Å². The lowest BCUT2D eigenvalue weighted by atomic mass is 10.3. The van der Waals surface area contributed by atoms with Crippen LogP contribution in [0.2, 0.25) is 0 Å². The summed E-state index contributed by atoms with van der Waals surface area (Å²) >= 11 is 0. The van der Waals surface area contributed by atoms with Crippen LogP contribution in [0.15, 0.2) is 11.4 Å². The SMILES string of the molecule is CCN1CCN/C1=C(/C#N)C(=O)OC. The van der Waals surface area contributed by atoms with Gasteiger partial charge < -0.3 is 15.0 Å². The second kappa shape index (κ2) is 4.51. The van der Waals surface area contributed by atoms with E-state index >= 15 is 0 Å². The van der Waals surface area contributed by atoms with Crippen molar-refractivity contribution in [2.24, 2.45) is 0 Å². The van der Waals surface area contributed by atoms with Crippen molar-refractivity contribution < 1.29 is 9.53 Å². The van der Waals surface area contributed by atoms with E-state index in [4.69, 9.17) is 5.26 Å². The number of nitrogens with zero attached hydrogens (tertiary/aromatic N) is 2. The van der Waals surface area contributed by atoms with Crippen molar-refractivity contribution in [2.45, 2.75) is 6.92 Å². The highest BCUT2D eigenvalue weighted by Crippen LogP contribution is 2.12. The number of methoxy groups -OCH3 is 1. The first-order valence-electron chi connectivity index (χ1n) is 4.46. The summed E-state index contributed by atoms with van der Waals surface area (Å²) < 4.78 is 4.52. The van der Waals surface area contributed by atoms with E-state index in [2.05, 4.69) is 10.1 Å². The van der Waals surface area contributed by atoms with Gasteiger partial charge in [0, 0.05) is 19.6 Å². The molecular formula is C9H13N3O2. The Kier molecular flexibility index (Phi) is 3.35. The smallest absolute Gasteiger partial charge is 0.352 e. The Labute approximate surface area is 82.9 Å². The molecule has 0 unspecified atom stereocenters. The number of likely N-dealkylation sites (N-methyl/N-ethyl adjacent to an activating group) is 1. The molecule has 1 heterocycles. The molecule has 0 atom stereocenters. The van der Waals surface area contributed by atoms with Gasteiger partial charge in [0.05, 0.1) is 7.11 Å². The third-order valence-electron chi connectivity index (χ3n) is 2.11. The Bertz CT molecular complexity index is 304. The van der Waals surface area contributed by atoms with Gasteiger partial charge in [0.2, 0.25) is 0 Å². The molecule has 0 bridgehead atoms. The maximum Gasteiger partial charge on any atom is 0.352 e. The first kappa shape index (κ1) is 10.4. The van der Waals surface area contributed by atoms with Crippen LogP contribution in [0.25, 0.3) is 0 Å². The second-order valence-electron chi connectivity index (χ2n) is 2.83. The standard InChI is InChI=1S/C9H13N3O2/c1-3-12-5-4-11-8(12)7(6-10)9(13)14-2/h11H,3-5H2,1-2H3/b8-7+. The zero-order valence-corrected chi connectivity index (χ0v) is 8.33. The second-order valence-corrected chi connectivity index (χ2v) is 2.83. The van der Waals surface area contributed by atoms with Crippen molar-refractivity contribution in [1.82, 2.24) is 10.2 Å². The van der Waals surface area contributed by atoms with Crippen LogP contribution in [0.1, 0.15) is 6.92 Å². The number of carbonyl (C=O) groups excluding carboxylic acids is 1. The molecule has 14 heavy (non-hydrogen) atoms. The van der Waals surface area contributed by atoms with E-state index in [1.54, 1.807) is 0 Å². The van der Waals surface area contributed by atoms with Crippen molar-refractivity contribution in [1.29, 1.82) is 5.26 Å². The summed E-state index contributed by atoms with van der Waals surface area (Å²) in [5, 5.41) is 11.8. The molecule has 0 aromatic rings. The number of nitrogens with one attached hydrogen (secondary N) is 1. The Morgan fingerprint density at radius 2 is 2.50 bits per heavy atom. The third-order valence-corrected chi connectivity index (χ3v) is 2.11. The van der Waals surface area contributed by atoms with Gasteiger partial charge in [-0.2, -0.15) is 5.26 Å². The predicted octanol–water partition coefficient (Wildman–Crippen LogP) is -0.180. The number of rotatable bonds is 2. The van der Waals surface area contributed by atoms with E-state index in [1.165, 1.54) is 7.11 Å². The van der Waals surface area contributed by atoms with E-state index in [-0.39, 0.29) is 5.57 Å². The molecule has 0 aliphatic carbocycles. The van der Waals surface area contributed by atoms with Gasteiger partial charge in [-0.05, 0) is 6.92 Å². The summed E-state index contributed by atoms with van der Waals surface area (Å²) in [6, 6.07) is 1.86. The first-order chi connectivity index (χ1) is 6.74. The molecule has 5 nitrogen and oxygen atoms in total. The van der Waals surface area contributed by atoms with Crippen molar-refractivity contribution >= 4 is 5.97 Å². The van der Waals surface area contributed by atoms with Gasteiger partial charge in [0.15, 0.2) is 5.57 Å². The van der Waals surface area contributed by atoms with Crippen molar-refractivity contribution in [3.8, 4) is 6.07 Å². The van der Waals surface area contributed by atoms with E-state index in [0.717, 1.165) is 19.6 Å². The molecule has 1 aliphatic heterocycles. The molecule has 5 heteroatoms. The largest absolute Gasteiger partial charge is 0.465 e. The monoisotopic (exact) mass is 195 g/mol. The van der Waals surface area contributed by atoms with Gasteiger partial charge >= 0.3 is 5.97 Å². The summed E-state index contributed by atoms with van der Waals surface area (Å²) in [6.45, 7) is 4.31. The van der Waals surface area contributed by atoms with E-state index in [0.29, 0.717) is 5.82 Å². The summed E-state index contributed by atoms with van der Waals surface area (Å²) in [6.07, 6.45) is 0. The molecule has 0 radical (unpaired) electrons. The lowest BCUT2D eigenvalue weighted by Gasteiger charge is -2.16. The molecule has 76 valence electrons. The third kappa shape index (κ3) is 1.79. The van der Waals surface area contributed by atoms with Gasteiger partial charge in [-0.25, -0.2) is 4.79 Å². The molecular weight excluding hydrogens is 182 g/mol. The number of ether oxygens (including phenoxy) is 1. The van der Waals surface area contributed by atoms with Gasteiger partial charge in [0.25, 0.3) is 0 Å².